The largest absolute Gasteiger partial charge is 0.464 e. The van der Waals surface area contributed by atoms with Crippen molar-refractivity contribution in [3.05, 3.63) is 54.4 Å². The van der Waals surface area contributed by atoms with Gasteiger partial charge in [-0.25, -0.2) is 13.4 Å². The number of nitrogens with one attached hydrogen (secondary N) is 2. The molecular formula is C18H15N3O5S. The molecule has 0 spiro atoms. The molecule has 9 heteroatoms. The van der Waals surface area contributed by atoms with Crippen molar-refractivity contribution >= 4 is 38.6 Å². The number of piperidine rings is 1. The summed E-state index contributed by atoms with van der Waals surface area (Å²) in [7, 11) is -3.86. The van der Waals surface area contributed by atoms with Crippen molar-refractivity contribution in [2.45, 2.75) is 23.7 Å². The molecule has 1 fully saturated rings. The van der Waals surface area contributed by atoms with Crippen LogP contribution in [0.5, 0.6) is 0 Å². The van der Waals surface area contributed by atoms with E-state index in [1.54, 1.807) is 18.2 Å². The summed E-state index contributed by atoms with van der Waals surface area (Å²) in [5.74, 6) is -1.08. The second-order valence-corrected chi connectivity index (χ2v) is 7.86. The maximum atomic E-state index is 12.7. The number of fused-ring (bicyclic) bond motifs is 1. The van der Waals surface area contributed by atoms with Gasteiger partial charge >= 0.3 is 0 Å². The SMILES string of the molecule is O=C1CCC(c2coc3ccc(S(=O)(=O)Nc4ccccn4)cc23)C(=O)N1. The van der Waals surface area contributed by atoms with Crippen molar-refractivity contribution in [3.63, 3.8) is 0 Å². The minimum Gasteiger partial charge on any atom is -0.464 e. The summed E-state index contributed by atoms with van der Waals surface area (Å²) in [4.78, 5) is 27.5. The zero-order valence-electron chi connectivity index (χ0n) is 14.0. The normalized spacial score (nSPS) is 17.7. The number of hydrogen-bond acceptors (Lipinski definition) is 6. The summed E-state index contributed by atoms with van der Waals surface area (Å²) < 4.78 is 33.2. The van der Waals surface area contributed by atoms with Crippen LogP contribution in [0, 0.1) is 0 Å². The maximum absolute atomic E-state index is 12.7. The molecule has 1 aliphatic rings. The van der Waals surface area contributed by atoms with Crippen LogP contribution in [0.25, 0.3) is 11.0 Å². The van der Waals surface area contributed by atoms with Crippen molar-refractivity contribution in [2.24, 2.45) is 0 Å². The third-order valence-electron chi connectivity index (χ3n) is 4.40. The van der Waals surface area contributed by atoms with E-state index in [-0.39, 0.29) is 23.0 Å². The van der Waals surface area contributed by atoms with Crippen LogP contribution in [-0.4, -0.2) is 25.2 Å². The molecule has 3 aromatic rings. The van der Waals surface area contributed by atoms with Crippen LogP contribution < -0.4 is 10.0 Å². The lowest BCUT2D eigenvalue weighted by Gasteiger charge is -2.19. The molecule has 0 saturated carbocycles. The van der Waals surface area contributed by atoms with Gasteiger partial charge in [-0.2, -0.15) is 0 Å². The second-order valence-electron chi connectivity index (χ2n) is 6.17. The van der Waals surface area contributed by atoms with E-state index in [1.165, 1.54) is 30.7 Å². The van der Waals surface area contributed by atoms with Crippen molar-refractivity contribution < 1.29 is 22.4 Å². The quantitative estimate of drug-likeness (QED) is 0.664. The van der Waals surface area contributed by atoms with Gasteiger partial charge < -0.3 is 4.42 Å². The Kier molecular flexibility index (Phi) is 4.15. The van der Waals surface area contributed by atoms with Gasteiger partial charge in [-0.05, 0) is 36.8 Å². The topological polar surface area (TPSA) is 118 Å². The summed E-state index contributed by atoms with van der Waals surface area (Å²) in [5, 5.41) is 2.82. The number of hydrogen-bond donors (Lipinski definition) is 2. The minimum absolute atomic E-state index is 0.0237. The van der Waals surface area contributed by atoms with Crippen LogP contribution in [0.4, 0.5) is 5.82 Å². The fourth-order valence-electron chi connectivity index (χ4n) is 3.07. The van der Waals surface area contributed by atoms with E-state index >= 15 is 0 Å². The molecule has 1 aromatic carbocycles. The highest BCUT2D eigenvalue weighted by molar-refractivity contribution is 7.92. The monoisotopic (exact) mass is 385 g/mol. The van der Waals surface area contributed by atoms with Gasteiger partial charge in [-0.3, -0.25) is 19.6 Å². The third-order valence-corrected chi connectivity index (χ3v) is 5.76. The molecule has 3 heterocycles. The number of rotatable bonds is 4. The molecule has 0 bridgehead atoms. The number of sulfonamides is 1. The van der Waals surface area contributed by atoms with E-state index in [2.05, 4.69) is 15.0 Å². The number of amides is 2. The number of aromatic nitrogens is 1. The lowest BCUT2D eigenvalue weighted by atomic mass is 9.90. The van der Waals surface area contributed by atoms with E-state index in [4.69, 9.17) is 4.42 Å². The first-order chi connectivity index (χ1) is 12.9. The van der Waals surface area contributed by atoms with Gasteiger partial charge in [0.2, 0.25) is 11.8 Å². The molecule has 0 radical (unpaired) electrons. The van der Waals surface area contributed by atoms with Crippen LogP contribution in [0.15, 0.2) is 58.2 Å². The molecule has 1 atom stereocenters. The first kappa shape index (κ1) is 17.2. The van der Waals surface area contributed by atoms with E-state index in [9.17, 15) is 18.0 Å². The summed E-state index contributed by atoms with van der Waals surface area (Å²) in [6.45, 7) is 0. The first-order valence-corrected chi connectivity index (χ1v) is 9.71. The van der Waals surface area contributed by atoms with Crippen molar-refractivity contribution in [1.29, 1.82) is 0 Å². The maximum Gasteiger partial charge on any atom is 0.263 e. The molecule has 1 unspecified atom stereocenters. The van der Waals surface area contributed by atoms with Gasteiger partial charge in [0, 0.05) is 23.6 Å². The zero-order chi connectivity index (χ0) is 19.0. The highest BCUT2D eigenvalue weighted by atomic mass is 32.2. The lowest BCUT2D eigenvalue weighted by Crippen LogP contribution is -2.39. The van der Waals surface area contributed by atoms with E-state index < -0.39 is 21.8 Å². The number of benzene rings is 1. The molecule has 2 amide bonds. The lowest BCUT2D eigenvalue weighted by molar-refractivity contribution is -0.134. The molecule has 27 heavy (non-hydrogen) atoms. The second kappa shape index (κ2) is 6.51. The molecule has 2 N–H and O–H groups in total. The average molecular weight is 385 g/mol. The number of furan rings is 1. The fraction of sp³-hybridized carbons (Fsp3) is 0.167. The Balaban J connectivity index is 1.72. The highest BCUT2D eigenvalue weighted by Gasteiger charge is 2.31. The van der Waals surface area contributed by atoms with Crippen molar-refractivity contribution in [3.8, 4) is 0 Å². The van der Waals surface area contributed by atoms with E-state index in [0.29, 0.717) is 23.0 Å². The van der Waals surface area contributed by atoms with Gasteiger partial charge in [0.25, 0.3) is 10.0 Å². The standard InChI is InChI=1S/C18H15N3O5S/c22-17-7-5-12(18(23)20-17)14-10-26-15-6-4-11(9-13(14)15)27(24,25)21-16-3-1-2-8-19-16/h1-4,6,8-10,12H,5,7H2,(H,19,21)(H,20,22,23). The molecule has 0 aliphatic carbocycles. The summed E-state index contributed by atoms with van der Waals surface area (Å²) in [6, 6.07) is 9.32. The van der Waals surface area contributed by atoms with Gasteiger partial charge in [-0.15, -0.1) is 0 Å². The molecule has 1 aliphatic heterocycles. The first-order valence-electron chi connectivity index (χ1n) is 8.23. The van der Waals surface area contributed by atoms with Gasteiger partial charge in [-0.1, -0.05) is 6.07 Å². The predicted octanol–water partition coefficient (Wildman–Crippen LogP) is 2.15. The zero-order valence-corrected chi connectivity index (χ0v) is 14.8. The van der Waals surface area contributed by atoms with Crippen LogP contribution in [0.2, 0.25) is 0 Å². The average Bonchev–Trinajstić information content (AvgIpc) is 3.05. The number of pyridine rings is 1. The Morgan fingerprint density at radius 1 is 1.19 bits per heavy atom. The van der Waals surface area contributed by atoms with Crippen molar-refractivity contribution in [2.75, 3.05) is 4.72 Å². The van der Waals surface area contributed by atoms with E-state index in [0.717, 1.165) is 0 Å². The smallest absolute Gasteiger partial charge is 0.263 e. The Hall–Kier alpha value is -3.20. The Bertz CT molecular complexity index is 1140. The van der Waals surface area contributed by atoms with Crippen LogP contribution in [0.3, 0.4) is 0 Å². The highest BCUT2D eigenvalue weighted by Crippen LogP contribution is 2.33. The third kappa shape index (κ3) is 3.28. The number of carbonyl (C=O) groups excluding carboxylic acids is 2. The Morgan fingerprint density at radius 3 is 2.78 bits per heavy atom. The Morgan fingerprint density at radius 2 is 2.04 bits per heavy atom. The molecule has 1 saturated heterocycles. The molecular weight excluding hydrogens is 370 g/mol. The molecule has 8 nitrogen and oxygen atoms in total. The number of anilines is 1. The van der Waals surface area contributed by atoms with Gasteiger partial charge in [0.1, 0.15) is 11.4 Å². The number of imide groups is 1. The van der Waals surface area contributed by atoms with Crippen LogP contribution in [-0.2, 0) is 19.6 Å². The van der Waals surface area contributed by atoms with E-state index in [1.807, 2.05) is 0 Å². The number of carbonyl (C=O) groups is 2. The van der Waals surface area contributed by atoms with Gasteiger partial charge in [0.15, 0.2) is 0 Å². The fourth-order valence-corrected chi connectivity index (χ4v) is 4.11. The predicted molar refractivity (Wildman–Crippen MR) is 96.4 cm³/mol. The molecule has 4 rings (SSSR count). The van der Waals surface area contributed by atoms with Crippen molar-refractivity contribution in [1.82, 2.24) is 10.3 Å². The van der Waals surface area contributed by atoms with Gasteiger partial charge in [0.05, 0.1) is 17.1 Å². The number of nitrogens with zero attached hydrogens (tertiary/aromatic N) is 1. The summed E-state index contributed by atoms with van der Waals surface area (Å²) >= 11 is 0. The summed E-state index contributed by atoms with van der Waals surface area (Å²) in [6.07, 6.45) is 3.50. The molecule has 2 aromatic heterocycles. The van der Waals surface area contributed by atoms with Crippen LogP contribution >= 0.6 is 0 Å². The van der Waals surface area contributed by atoms with Crippen LogP contribution in [0.1, 0.15) is 24.3 Å². The summed E-state index contributed by atoms with van der Waals surface area (Å²) in [5.41, 5.74) is 1.02. The minimum atomic E-state index is -3.86. The Labute approximate surface area is 154 Å². The molecule has 138 valence electrons.